The van der Waals surface area contributed by atoms with E-state index < -0.39 is 29.6 Å². The summed E-state index contributed by atoms with van der Waals surface area (Å²) < 4.78 is 59.2. The fraction of sp³-hybridized carbons (Fsp3) is 0.455. The molecule has 0 radical (unpaired) electrons. The lowest BCUT2D eigenvalue weighted by Gasteiger charge is -2.36. The first-order valence-electron chi connectivity index (χ1n) is 4.76. The molecule has 0 aliphatic carbocycles. The molecule has 1 atom stereocenters. The lowest BCUT2D eigenvalue weighted by Crippen LogP contribution is -2.48. The van der Waals surface area contributed by atoms with Crippen molar-refractivity contribution in [2.75, 3.05) is 6.61 Å². The molecule has 1 aliphatic heterocycles. The van der Waals surface area contributed by atoms with Gasteiger partial charge in [-0.25, -0.2) is 8.78 Å². The summed E-state index contributed by atoms with van der Waals surface area (Å²) in [6, 6.07) is 2.22. The van der Waals surface area contributed by atoms with Crippen molar-refractivity contribution in [1.82, 2.24) is 0 Å². The molecule has 0 N–H and O–H groups in total. The fourth-order valence-electron chi connectivity index (χ4n) is 1.69. The van der Waals surface area contributed by atoms with Gasteiger partial charge in [-0.3, -0.25) is 0 Å². The zero-order valence-corrected chi connectivity index (χ0v) is 8.78. The summed E-state index contributed by atoms with van der Waals surface area (Å²) in [4.78, 5) is 0. The molecule has 0 spiro atoms. The second-order valence-corrected chi connectivity index (χ2v) is 4.18. The summed E-state index contributed by atoms with van der Waals surface area (Å²) in [6.07, 6.45) is 0. The van der Waals surface area contributed by atoms with Gasteiger partial charge in [-0.05, 0) is 31.5 Å². The standard InChI is InChI=1S/C11H10F4O/c1-6-3-7(12)9-8(4-6)16-5-10(2,13)11(9,14)15/h3-4H,5H2,1-2H3. The van der Waals surface area contributed by atoms with Crippen molar-refractivity contribution in [3.8, 4) is 5.75 Å². The minimum Gasteiger partial charge on any atom is -0.489 e. The fourth-order valence-corrected chi connectivity index (χ4v) is 1.69. The minimum absolute atomic E-state index is 0.280. The zero-order valence-electron chi connectivity index (χ0n) is 8.78. The molecule has 1 aromatic carbocycles. The Bertz CT molecular complexity index is 440. The second kappa shape index (κ2) is 3.12. The number of rotatable bonds is 0. The van der Waals surface area contributed by atoms with Crippen LogP contribution in [-0.2, 0) is 5.92 Å². The summed E-state index contributed by atoms with van der Waals surface area (Å²) in [7, 11) is 0. The van der Waals surface area contributed by atoms with Gasteiger partial charge in [0.15, 0.2) is 0 Å². The summed E-state index contributed by atoms with van der Waals surface area (Å²) in [5, 5.41) is 0. The third-order valence-electron chi connectivity index (χ3n) is 2.67. The van der Waals surface area contributed by atoms with E-state index in [2.05, 4.69) is 0 Å². The van der Waals surface area contributed by atoms with Crippen LogP contribution in [0.4, 0.5) is 17.6 Å². The van der Waals surface area contributed by atoms with Crippen LogP contribution in [0.2, 0.25) is 0 Å². The van der Waals surface area contributed by atoms with Gasteiger partial charge in [0.05, 0.1) is 0 Å². The molecule has 88 valence electrons. The number of alkyl halides is 3. The molecule has 5 heteroatoms. The van der Waals surface area contributed by atoms with Crippen LogP contribution in [0.3, 0.4) is 0 Å². The maximum absolute atomic E-state index is 13.7. The van der Waals surface area contributed by atoms with Crippen molar-refractivity contribution < 1.29 is 22.3 Å². The van der Waals surface area contributed by atoms with Crippen LogP contribution in [0.25, 0.3) is 0 Å². The van der Waals surface area contributed by atoms with Gasteiger partial charge in [0.1, 0.15) is 23.7 Å². The summed E-state index contributed by atoms with van der Waals surface area (Å²) in [5.74, 6) is -5.29. The van der Waals surface area contributed by atoms with Crippen molar-refractivity contribution >= 4 is 0 Å². The van der Waals surface area contributed by atoms with E-state index in [-0.39, 0.29) is 5.75 Å². The number of aryl methyl sites for hydroxylation is 1. The van der Waals surface area contributed by atoms with Crippen molar-refractivity contribution in [2.45, 2.75) is 25.4 Å². The van der Waals surface area contributed by atoms with Crippen molar-refractivity contribution in [3.05, 3.63) is 29.1 Å². The van der Waals surface area contributed by atoms with Gasteiger partial charge in [0, 0.05) is 0 Å². The summed E-state index contributed by atoms with van der Waals surface area (Å²) in [6.45, 7) is 1.47. The van der Waals surface area contributed by atoms with E-state index in [4.69, 9.17) is 4.74 Å². The highest BCUT2D eigenvalue weighted by atomic mass is 19.3. The average molecular weight is 234 g/mol. The van der Waals surface area contributed by atoms with Gasteiger partial charge in [0.2, 0.25) is 5.67 Å². The summed E-state index contributed by atoms with van der Waals surface area (Å²) in [5.41, 5.74) is -3.43. The predicted octanol–water partition coefficient (Wildman–Crippen LogP) is 3.35. The van der Waals surface area contributed by atoms with Gasteiger partial charge in [-0.2, -0.15) is 8.78 Å². The molecule has 0 saturated carbocycles. The Labute approximate surface area is 90.0 Å². The molecule has 2 rings (SSSR count). The van der Waals surface area contributed by atoms with Crippen LogP contribution >= 0.6 is 0 Å². The molecule has 1 heterocycles. The first-order valence-corrected chi connectivity index (χ1v) is 4.76. The van der Waals surface area contributed by atoms with E-state index in [1.807, 2.05) is 0 Å². The second-order valence-electron chi connectivity index (χ2n) is 4.18. The maximum Gasteiger partial charge on any atom is 0.316 e. The van der Waals surface area contributed by atoms with Crippen LogP contribution in [0.1, 0.15) is 18.1 Å². The maximum atomic E-state index is 13.7. The third-order valence-corrected chi connectivity index (χ3v) is 2.67. The molecule has 16 heavy (non-hydrogen) atoms. The van der Waals surface area contributed by atoms with Gasteiger partial charge < -0.3 is 4.74 Å². The molecule has 1 aliphatic rings. The Morgan fingerprint density at radius 1 is 1.25 bits per heavy atom. The lowest BCUT2D eigenvalue weighted by molar-refractivity contribution is -0.166. The molecule has 0 aromatic heterocycles. The highest BCUT2D eigenvalue weighted by Crippen LogP contribution is 2.49. The van der Waals surface area contributed by atoms with Crippen molar-refractivity contribution in [2.24, 2.45) is 0 Å². The Morgan fingerprint density at radius 3 is 2.50 bits per heavy atom. The summed E-state index contributed by atoms with van der Waals surface area (Å²) >= 11 is 0. The molecule has 0 amide bonds. The predicted molar refractivity (Wildman–Crippen MR) is 50.0 cm³/mol. The lowest BCUT2D eigenvalue weighted by atomic mass is 9.90. The highest BCUT2D eigenvalue weighted by Gasteiger charge is 2.58. The van der Waals surface area contributed by atoms with Gasteiger partial charge in [-0.1, -0.05) is 0 Å². The van der Waals surface area contributed by atoms with E-state index >= 15 is 0 Å². The van der Waals surface area contributed by atoms with E-state index in [0.717, 1.165) is 6.07 Å². The first-order chi connectivity index (χ1) is 7.25. The largest absolute Gasteiger partial charge is 0.489 e. The Morgan fingerprint density at radius 2 is 1.88 bits per heavy atom. The van der Waals surface area contributed by atoms with E-state index in [0.29, 0.717) is 12.5 Å². The van der Waals surface area contributed by atoms with E-state index in [1.165, 1.54) is 6.07 Å². The monoisotopic (exact) mass is 234 g/mol. The van der Waals surface area contributed by atoms with E-state index in [9.17, 15) is 17.6 Å². The Kier molecular flexibility index (Phi) is 2.19. The molecular formula is C11H10F4O. The van der Waals surface area contributed by atoms with Gasteiger partial charge >= 0.3 is 5.92 Å². The average Bonchev–Trinajstić information content (AvgIpc) is 2.11. The Balaban J connectivity index is 2.68. The van der Waals surface area contributed by atoms with Crippen molar-refractivity contribution in [1.29, 1.82) is 0 Å². The third kappa shape index (κ3) is 1.37. The molecule has 1 aromatic rings. The van der Waals surface area contributed by atoms with Gasteiger partial charge in [0.25, 0.3) is 0 Å². The minimum atomic E-state index is -3.88. The van der Waals surface area contributed by atoms with Crippen LogP contribution < -0.4 is 4.74 Å². The molecular weight excluding hydrogens is 224 g/mol. The molecule has 0 fully saturated rings. The Hall–Kier alpha value is -1.26. The quantitative estimate of drug-likeness (QED) is 0.625. The number of benzene rings is 1. The number of fused-ring (bicyclic) bond motifs is 1. The number of halogens is 4. The molecule has 1 unspecified atom stereocenters. The zero-order chi connectivity index (χ0) is 12.1. The smallest absolute Gasteiger partial charge is 0.316 e. The number of hydrogen-bond donors (Lipinski definition) is 0. The van der Waals surface area contributed by atoms with Crippen LogP contribution in [0.5, 0.6) is 5.75 Å². The van der Waals surface area contributed by atoms with Crippen LogP contribution in [-0.4, -0.2) is 12.3 Å². The number of ether oxygens (including phenoxy) is 1. The molecule has 0 bridgehead atoms. The van der Waals surface area contributed by atoms with Gasteiger partial charge in [-0.15, -0.1) is 0 Å². The topological polar surface area (TPSA) is 9.23 Å². The number of hydrogen-bond acceptors (Lipinski definition) is 1. The van der Waals surface area contributed by atoms with E-state index in [1.54, 1.807) is 6.92 Å². The normalized spacial score (nSPS) is 27.1. The van der Waals surface area contributed by atoms with Crippen LogP contribution in [0, 0.1) is 12.7 Å². The SMILES string of the molecule is Cc1cc(F)c2c(c1)OCC(C)(F)C2(F)F. The first kappa shape index (κ1) is 11.2. The molecule has 0 saturated heterocycles. The molecule has 1 nitrogen and oxygen atoms in total. The highest BCUT2D eigenvalue weighted by molar-refractivity contribution is 5.44. The van der Waals surface area contributed by atoms with Crippen molar-refractivity contribution in [3.63, 3.8) is 0 Å². The van der Waals surface area contributed by atoms with Crippen LogP contribution in [0.15, 0.2) is 12.1 Å².